The average Bonchev–Trinajstić information content (AvgIpc) is 3.14. The van der Waals surface area contributed by atoms with Crippen molar-refractivity contribution in [1.29, 1.82) is 0 Å². The second-order valence-corrected chi connectivity index (χ2v) is 8.05. The number of aliphatic imine (C=N–C) groups is 1. The summed E-state index contributed by atoms with van der Waals surface area (Å²) in [6.45, 7) is 0. The second-order valence-electron chi connectivity index (χ2n) is 8.05. The number of amides is 1. The van der Waals surface area contributed by atoms with Crippen molar-refractivity contribution in [3.8, 4) is 5.69 Å². The number of benzene rings is 3. The van der Waals surface area contributed by atoms with Crippen LogP contribution in [-0.2, 0) is 10.5 Å². The van der Waals surface area contributed by atoms with E-state index in [0.717, 1.165) is 10.1 Å². The highest BCUT2D eigenvalue weighted by Crippen LogP contribution is 2.42. The van der Waals surface area contributed by atoms with E-state index in [1.807, 2.05) is 66.7 Å². The van der Waals surface area contributed by atoms with Crippen molar-refractivity contribution in [3.63, 3.8) is 0 Å². The summed E-state index contributed by atoms with van der Waals surface area (Å²) >= 11 is 0. The van der Waals surface area contributed by atoms with Gasteiger partial charge in [-0.25, -0.2) is 19.1 Å². The summed E-state index contributed by atoms with van der Waals surface area (Å²) in [5.41, 5.74) is -0.178. The predicted octanol–water partition coefficient (Wildman–Crippen LogP) is 1.98. The molecule has 2 unspecified atom stereocenters. The maximum atomic E-state index is 13.9. The van der Waals surface area contributed by atoms with Crippen molar-refractivity contribution >= 4 is 11.6 Å². The van der Waals surface area contributed by atoms with E-state index in [0.29, 0.717) is 17.0 Å². The molecule has 0 saturated carbocycles. The molecule has 1 aromatic heterocycles. The fourth-order valence-corrected chi connectivity index (χ4v) is 4.92. The van der Waals surface area contributed by atoms with Crippen LogP contribution in [0.15, 0.2) is 106 Å². The lowest BCUT2D eigenvalue weighted by Gasteiger charge is -2.51. The Labute approximate surface area is 188 Å². The van der Waals surface area contributed by atoms with Crippen LogP contribution in [0.1, 0.15) is 17.3 Å². The first-order valence-electron chi connectivity index (χ1n) is 10.6. The Morgan fingerprint density at radius 3 is 1.97 bits per heavy atom. The van der Waals surface area contributed by atoms with Crippen LogP contribution in [0.5, 0.6) is 0 Å². The number of carbonyl (C=O) groups is 1. The summed E-state index contributed by atoms with van der Waals surface area (Å²) < 4.78 is 3.68. The molecule has 4 heterocycles. The lowest BCUT2D eigenvalue weighted by Crippen LogP contribution is -2.70. The summed E-state index contributed by atoms with van der Waals surface area (Å²) in [7, 11) is 1.65. The molecule has 3 aliphatic heterocycles. The molecule has 2 atom stereocenters. The van der Waals surface area contributed by atoms with Gasteiger partial charge in [0.1, 0.15) is 0 Å². The van der Waals surface area contributed by atoms with E-state index in [1.54, 1.807) is 31.3 Å². The SMILES string of the molecule is CN1C(=O)C2N=C(c3ccccc3)C1(c1ccccc1)n1c(=O)n(-c3ccccc3)c(=O)n12. The molecular formula is C25H19N5O3. The highest BCUT2D eigenvalue weighted by atomic mass is 16.2. The van der Waals surface area contributed by atoms with E-state index in [-0.39, 0.29) is 5.91 Å². The summed E-state index contributed by atoms with van der Waals surface area (Å²) in [5.74, 6) is -0.356. The van der Waals surface area contributed by atoms with Gasteiger partial charge in [-0.1, -0.05) is 78.9 Å². The molecule has 0 fully saturated rings. The molecule has 0 radical (unpaired) electrons. The van der Waals surface area contributed by atoms with Gasteiger partial charge in [0, 0.05) is 18.2 Å². The van der Waals surface area contributed by atoms with Crippen LogP contribution in [0, 0.1) is 0 Å². The van der Waals surface area contributed by atoms with E-state index in [1.165, 1.54) is 14.3 Å². The first kappa shape index (κ1) is 19.2. The van der Waals surface area contributed by atoms with E-state index >= 15 is 0 Å². The van der Waals surface area contributed by atoms with E-state index in [4.69, 9.17) is 4.99 Å². The molecular weight excluding hydrogens is 418 g/mol. The van der Waals surface area contributed by atoms with Crippen LogP contribution < -0.4 is 11.4 Å². The minimum absolute atomic E-state index is 0.356. The van der Waals surface area contributed by atoms with Crippen LogP contribution in [0.4, 0.5) is 0 Å². The van der Waals surface area contributed by atoms with Crippen LogP contribution in [0.2, 0.25) is 0 Å². The molecule has 1 amide bonds. The number of carbonyl (C=O) groups excluding carboxylic acids is 1. The number of hydrogen-bond acceptors (Lipinski definition) is 4. The molecule has 8 heteroatoms. The Morgan fingerprint density at radius 1 is 0.758 bits per heavy atom. The predicted molar refractivity (Wildman–Crippen MR) is 123 cm³/mol. The molecule has 8 nitrogen and oxygen atoms in total. The Balaban J connectivity index is 1.78. The smallest absolute Gasteiger partial charge is 0.308 e. The van der Waals surface area contributed by atoms with Crippen molar-refractivity contribution in [2.24, 2.45) is 4.99 Å². The zero-order chi connectivity index (χ0) is 22.7. The third-order valence-electron chi connectivity index (χ3n) is 6.37. The molecule has 33 heavy (non-hydrogen) atoms. The van der Waals surface area contributed by atoms with Crippen molar-refractivity contribution < 1.29 is 4.79 Å². The number of para-hydroxylation sites is 1. The number of fused-ring (bicyclic) bond motifs is 1. The monoisotopic (exact) mass is 437 g/mol. The lowest BCUT2D eigenvalue weighted by atomic mass is 9.85. The standard InChI is InChI=1S/C25H19N5O3/c1-27-22(31)21-26-20(17-11-5-2-6-12-17)25(27,18-13-7-3-8-14-18)30-24(33)28(23(32)29(21)30)19-15-9-4-10-16-19/h2-16,21H,1H3. The van der Waals surface area contributed by atoms with Crippen molar-refractivity contribution in [1.82, 2.24) is 18.8 Å². The molecule has 0 aliphatic carbocycles. The van der Waals surface area contributed by atoms with Gasteiger partial charge in [-0.05, 0) is 12.1 Å². The number of aromatic nitrogens is 3. The average molecular weight is 437 g/mol. The van der Waals surface area contributed by atoms with Crippen LogP contribution in [0.3, 0.4) is 0 Å². The Morgan fingerprint density at radius 2 is 1.33 bits per heavy atom. The lowest BCUT2D eigenvalue weighted by molar-refractivity contribution is -0.146. The van der Waals surface area contributed by atoms with Crippen LogP contribution in [0.25, 0.3) is 5.69 Å². The minimum atomic E-state index is -1.43. The zero-order valence-electron chi connectivity index (χ0n) is 17.7. The molecule has 2 bridgehead atoms. The maximum Gasteiger partial charge on any atom is 0.354 e. The third-order valence-corrected chi connectivity index (χ3v) is 6.37. The number of likely N-dealkylation sites (N-methyl/N-ethyl adjacent to an activating group) is 1. The molecule has 0 spiro atoms. The van der Waals surface area contributed by atoms with E-state index < -0.39 is 23.2 Å². The number of hydrogen-bond donors (Lipinski definition) is 0. The topological polar surface area (TPSA) is 81.6 Å². The first-order valence-corrected chi connectivity index (χ1v) is 10.6. The van der Waals surface area contributed by atoms with Gasteiger partial charge in [-0.3, -0.25) is 4.79 Å². The first-order chi connectivity index (χ1) is 16.1. The van der Waals surface area contributed by atoms with Crippen molar-refractivity contribution in [2.45, 2.75) is 11.8 Å². The van der Waals surface area contributed by atoms with Gasteiger partial charge >= 0.3 is 11.4 Å². The number of rotatable bonds is 3. The van der Waals surface area contributed by atoms with Gasteiger partial charge in [-0.2, -0.15) is 9.36 Å². The second kappa shape index (κ2) is 6.77. The summed E-state index contributed by atoms with van der Waals surface area (Å²) in [6, 6.07) is 27.4. The molecule has 3 aliphatic rings. The molecule has 7 rings (SSSR count). The van der Waals surface area contributed by atoms with Gasteiger partial charge in [0.05, 0.1) is 11.4 Å². The molecule has 162 valence electrons. The van der Waals surface area contributed by atoms with Gasteiger partial charge in [0.2, 0.25) is 11.8 Å². The fraction of sp³-hybridized carbons (Fsp3) is 0.120. The normalized spacial score (nSPS) is 21.1. The Kier molecular flexibility index (Phi) is 3.95. The van der Waals surface area contributed by atoms with Crippen LogP contribution >= 0.6 is 0 Å². The van der Waals surface area contributed by atoms with Crippen LogP contribution in [-0.4, -0.2) is 37.5 Å². The molecule has 0 saturated heterocycles. The highest BCUT2D eigenvalue weighted by molar-refractivity contribution is 6.12. The zero-order valence-corrected chi connectivity index (χ0v) is 17.7. The van der Waals surface area contributed by atoms with Gasteiger partial charge < -0.3 is 4.90 Å². The molecule has 4 aromatic rings. The summed E-state index contributed by atoms with van der Waals surface area (Å²) in [5, 5.41) is 0. The quantitative estimate of drug-likeness (QED) is 0.492. The van der Waals surface area contributed by atoms with Crippen molar-refractivity contribution in [3.05, 3.63) is 123 Å². The Bertz CT molecular complexity index is 1530. The Hall–Kier alpha value is -4.46. The molecule has 3 aromatic carbocycles. The maximum absolute atomic E-state index is 13.9. The van der Waals surface area contributed by atoms with Gasteiger partial charge in [-0.15, -0.1) is 0 Å². The molecule has 0 N–H and O–H groups in total. The van der Waals surface area contributed by atoms with Gasteiger partial charge in [0.15, 0.2) is 0 Å². The van der Waals surface area contributed by atoms with Gasteiger partial charge in [0.25, 0.3) is 5.91 Å². The fourth-order valence-electron chi connectivity index (χ4n) is 4.92. The highest BCUT2D eigenvalue weighted by Gasteiger charge is 2.59. The van der Waals surface area contributed by atoms with E-state index in [9.17, 15) is 14.4 Å². The van der Waals surface area contributed by atoms with Crippen molar-refractivity contribution in [2.75, 3.05) is 7.05 Å². The summed E-state index contributed by atoms with van der Waals surface area (Å²) in [6.07, 6.45) is -1.17. The third kappa shape index (κ3) is 2.34. The number of nitrogens with zero attached hydrogens (tertiary/aromatic N) is 5. The minimum Gasteiger partial charge on any atom is -0.308 e. The largest absolute Gasteiger partial charge is 0.354 e. The van der Waals surface area contributed by atoms with E-state index in [2.05, 4.69) is 0 Å². The summed E-state index contributed by atoms with van der Waals surface area (Å²) in [4.78, 5) is 47.2.